The van der Waals surface area contributed by atoms with E-state index in [1.807, 2.05) is 18.2 Å². The van der Waals surface area contributed by atoms with Gasteiger partial charge in [-0.3, -0.25) is 4.79 Å². The Morgan fingerprint density at radius 1 is 1.05 bits per heavy atom. The summed E-state index contributed by atoms with van der Waals surface area (Å²) in [6, 6.07) is 8.63. The van der Waals surface area contributed by atoms with Gasteiger partial charge in [0.2, 0.25) is 5.91 Å². The van der Waals surface area contributed by atoms with Gasteiger partial charge >= 0.3 is 0 Å². The van der Waals surface area contributed by atoms with Crippen LogP contribution in [0.2, 0.25) is 0 Å². The van der Waals surface area contributed by atoms with E-state index in [1.54, 1.807) is 0 Å². The zero-order chi connectivity index (χ0) is 13.1. The Balaban J connectivity index is 1.66. The zero-order valence-corrected chi connectivity index (χ0v) is 11.3. The van der Waals surface area contributed by atoms with Crippen LogP contribution in [0.15, 0.2) is 24.3 Å². The summed E-state index contributed by atoms with van der Waals surface area (Å²) in [7, 11) is 0. The minimum Gasteiger partial charge on any atom is -0.324 e. The normalized spacial score (nSPS) is 24.4. The summed E-state index contributed by atoms with van der Waals surface area (Å²) in [6.07, 6.45) is 8.26. The monoisotopic (exact) mass is 258 g/mol. The number of hydrogen-bond donors (Lipinski definition) is 2. The molecule has 102 valence electrons. The van der Waals surface area contributed by atoms with Crippen LogP contribution in [0.5, 0.6) is 0 Å². The molecule has 3 heteroatoms. The van der Waals surface area contributed by atoms with Crippen LogP contribution in [0.25, 0.3) is 0 Å². The van der Waals surface area contributed by atoms with E-state index in [0.29, 0.717) is 6.04 Å². The molecule has 0 saturated heterocycles. The summed E-state index contributed by atoms with van der Waals surface area (Å²) in [5.41, 5.74) is 2.24. The molecule has 1 amide bonds. The number of para-hydroxylation sites is 1. The predicted octanol–water partition coefficient (Wildman–Crippen LogP) is 2.86. The summed E-state index contributed by atoms with van der Waals surface area (Å²) in [6.45, 7) is 0. The predicted molar refractivity (Wildman–Crippen MR) is 77.2 cm³/mol. The van der Waals surface area contributed by atoms with E-state index in [4.69, 9.17) is 0 Å². The largest absolute Gasteiger partial charge is 0.324 e. The molecule has 0 aromatic heterocycles. The van der Waals surface area contributed by atoms with Gasteiger partial charge in [-0.15, -0.1) is 0 Å². The molecule has 1 unspecified atom stereocenters. The molecule has 2 N–H and O–H groups in total. The average Bonchev–Trinajstić information content (AvgIpc) is 2.60. The van der Waals surface area contributed by atoms with Crippen molar-refractivity contribution in [2.75, 3.05) is 5.32 Å². The van der Waals surface area contributed by atoms with E-state index in [1.165, 1.54) is 37.7 Å². The van der Waals surface area contributed by atoms with Gasteiger partial charge in [0.15, 0.2) is 0 Å². The van der Waals surface area contributed by atoms with Gasteiger partial charge in [-0.25, -0.2) is 0 Å². The number of carbonyl (C=O) groups is 1. The van der Waals surface area contributed by atoms with E-state index in [2.05, 4.69) is 16.7 Å². The molecular weight excluding hydrogens is 236 g/mol. The number of benzene rings is 1. The fourth-order valence-electron chi connectivity index (χ4n) is 3.22. The molecule has 0 radical (unpaired) electrons. The molecule has 1 saturated carbocycles. The quantitative estimate of drug-likeness (QED) is 0.856. The maximum absolute atomic E-state index is 12.3. The number of aryl methyl sites for hydroxylation is 1. The minimum atomic E-state index is -0.0319. The van der Waals surface area contributed by atoms with E-state index in [9.17, 15) is 4.79 Å². The van der Waals surface area contributed by atoms with Crippen molar-refractivity contribution in [3.05, 3.63) is 29.8 Å². The molecule has 1 aliphatic carbocycles. The molecule has 1 atom stereocenters. The SMILES string of the molecule is O=C1Nc2ccccc2CCC1NC1CCCCC1. The van der Waals surface area contributed by atoms with Crippen LogP contribution in [-0.4, -0.2) is 18.0 Å². The lowest BCUT2D eigenvalue weighted by molar-refractivity contribution is -0.118. The molecule has 1 heterocycles. The van der Waals surface area contributed by atoms with Crippen LogP contribution < -0.4 is 10.6 Å². The third kappa shape index (κ3) is 2.98. The van der Waals surface area contributed by atoms with E-state index in [0.717, 1.165) is 18.5 Å². The van der Waals surface area contributed by atoms with Gasteiger partial charge in [0.1, 0.15) is 0 Å². The van der Waals surface area contributed by atoms with Gasteiger partial charge < -0.3 is 10.6 Å². The average molecular weight is 258 g/mol. The number of amides is 1. The summed E-state index contributed by atoms with van der Waals surface area (Å²) in [4.78, 5) is 12.3. The van der Waals surface area contributed by atoms with Gasteiger partial charge in [-0.2, -0.15) is 0 Å². The van der Waals surface area contributed by atoms with Crippen molar-refractivity contribution in [1.82, 2.24) is 5.32 Å². The standard InChI is InChI=1S/C16H22N2O/c19-16-15(17-13-7-2-1-3-8-13)11-10-12-6-4-5-9-14(12)18-16/h4-6,9,13,15,17H,1-3,7-8,10-11H2,(H,18,19). The highest BCUT2D eigenvalue weighted by Crippen LogP contribution is 2.23. The second-order valence-electron chi connectivity index (χ2n) is 5.74. The van der Waals surface area contributed by atoms with Gasteiger partial charge in [-0.05, 0) is 37.3 Å². The third-order valence-electron chi connectivity index (χ3n) is 4.34. The Morgan fingerprint density at radius 3 is 2.68 bits per heavy atom. The third-order valence-corrected chi connectivity index (χ3v) is 4.34. The van der Waals surface area contributed by atoms with Crippen molar-refractivity contribution >= 4 is 11.6 Å². The summed E-state index contributed by atoms with van der Waals surface area (Å²) in [5.74, 6) is 0.135. The number of fused-ring (bicyclic) bond motifs is 1. The van der Waals surface area contributed by atoms with Gasteiger partial charge in [0.05, 0.1) is 6.04 Å². The highest BCUT2D eigenvalue weighted by Gasteiger charge is 2.26. The van der Waals surface area contributed by atoms with Crippen LogP contribution in [0.1, 0.15) is 44.1 Å². The first-order chi connectivity index (χ1) is 9.33. The molecular formula is C16H22N2O. The lowest BCUT2D eigenvalue weighted by atomic mass is 9.94. The summed E-state index contributed by atoms with van der Waals surface area (Å²) < 4.78 is 0. The van der Waals surface area contributed by atoms with Gasteiger partial charge in [-0.1, -0.05) is 37.5 Å². The molecule has 0 spiro atoms. The maximum atomic E-state index is 12.3. The highest BCUT2D eigenvalue weighted by atomic mass is 16.2. The first kappa shape index (κ1) is 12.7. The first-order valence-corrected chi connectivity index (χ1v) is 7.48. The molecule has 2 aliphatic rings. The van der Waals surface area contributed by atoms with Gasteiger partial charge in [0, 0.05) is 11.7 Å². The van der Waals surface area contributed by atoms with Crippen molar-refractivity contribution in [1.29, 1.82) is 0 Å². The Kier molecular flexibility index (Phi) is 3.83. The molecule has 19 heavy (non-hydrogen) atoms. The second kappa shape index (κ2) is 5.74. The van der Waals surface area contributed by atoms with Crippen molar-refractivity contribution in [3.8, 4) is 0 Å². The fraction of sp³-hybridized carbons (Fsp3) is 0.562. The van der Waals surface area contributed by atoms with Crippen LogP contribution in [0.4, 0.5) is 5.69 Å². The number of carbonyl (C=O) groups excluding carboxylic acids is 1. The topological polar surface area (TPSA) is 41.1 Å². The molecule has 3 rings (SSSR count). The van der Waals surface area contributed by atoms with Crippen LogP contribution in [-0.2, 0) is 11.2 Å². The van der Waals surface area contributed by atoms with E-state index < -0.39 is 0 Å². The molecule has 1 aromatic rings. The number of rotatable bonds is 2. The first-order valence-electron chi connectivity index (χ1n) is 7.48. The molecule has 3 nitrogen and oxygen atoms in total. The summed E-state index contributed by atoms with van der Waals surface area (Å²) in [5, 5.41) is 6.63. The summed E-state index contributed by atoms with van der Waals surface area (Å²) >= 11 is 0. The lowest BCUT2D eigenvalue weighted by Crippen LogP contribution is -2.46. The number of anilines is 1. The van der Waals surface area contributed by atoms with Crippen molar-refractivity contribution in [3.63, 3.8) is 0 Å². The lowest BCUT2D eigenvalue weighted by Gasteiger charge is -2.27. The molecule has 1 aliphatic heterocycles. The van der Waals surface area contributed by atoms with Crippen molar-refractivity contribution in [2.45, 2.75) is 57.0 Å². The van der Waals surface area contributed by atoms with Crippen LogP contribution in [0, 0.1) is 0 Å². The van der Waals surface area contributed by atoms with Crippen LogP contribution in [0.3, 0.4) is 0 Å². The molecule has 1 fully saturated rings. The Labute approximate surface area is 114 Å². The van der Waals surface area contributed by atoms with Crippen LogP contribution >= 0.6 is 0 Å². The smallest absolute Gasteiger partial charge is 0.241 e. The number of hydrogen-bond acceptors (Lipinski definition) is 2. The Morgan fingerprint density at radius 2 is 1.84 bits per heavy atom. The molecule has 0 bridgehead atoms. The fourth-order valence-corrected chi connectivity index (χ4v) is 3.22. The number of nitrogens with one attached hydrogen (secondary N) is 2. The maximum Gasteiger partial charge on any atom is 0.241 e. The highest BCUT2D eigenvalue weighted by molar-refractivity contribution is 5.96. The second-order valence-corrected chi connectivity index (χ2v) is 5.74. The zero-order valence-electron chi connectivity index (χ0n) is 11.3. The Bertz CT molecular complexity index is 452. The minimum absolute atomic E-state index is 0.0319. The van der Waals surface area contributed by atoms with E-state index >= 15 is 0 Å². The van der Waals surface area contributed by atoms with E-state index in [-0.39, 0.29) is 11.9 Å². The van der Waals surface area contributed by atoms with Crippen molar-refractivity contribution < 1.29 is 4.79 Å². The van der Waals surface area contributed by atoms with Gasteiger partial charge in [0.25, 0.3) is 0 Å². The Hall–Kier alpha value is -1.35. The molecule has 1 aromatic carbocycles. The van der Waals surface area contributed by atoms with Crippen molar-refractivity contribution in [2.24, 2.45) is 0 Å².